The van der Waals surface area contributed by atoms with E-state index in [-0.39, 0.29) is 5.56 Å². The normalized spacial score (nSPS) is 10.3. The van der Waals surface area contributed by atoms with Gasteiger partial charge in [-0.1, -0.05) is 12.2 Å². The van der Waals surface area contributed by atoms with Crippen LogP contribution in [0.25, 0.3) is 0 Å². The van der Waals surface area contributed by atoms with Crippen LogP contribution in [0, 0.1) is 0 Å². The first-order valence-corrected chi connectivity index (χ1v) is 6.59. The maximum Gasteiger partial charge on any atom is 0.268 e. The van der Waals surface area contributed by atoms with Crippen LogP contribution < -0.4 is 16.2 Å². The van der Waals surface area contributed by atoms with E-state index in [1.807, 2.05) is 0 Å². The third kappa shape index (κ3) is 4.10. The molecule has 6 heteroatoms. The first-order chi connectivity index (χ1) is 8.58. The van der Waals surface area contributed by atoms with Gasteiger partial charge in [0.15, 0.2) is 0 Å². The molecular weight excluding hydrogens is 248 g/mol. The molecule has 0 spiro atoms. The maximum atomic E-state index is 11.9. The fraction of sp³-hybridized carbons (Fsp3) is 0.583. The molecule has 1 heterocycles. The van der Waals surface area contributed by atoms with Gasteiger partial charge >= 0.3 is 0 Å². The van der Waals surface area contributed by atoms with Crippen LogP contribution in [0.2, 0.25) is 0 Å². The van der Waals surface area contributed by atoms with Crippen molar-refractivity contribution in [2.24, 2.45) is 5.73 Å². The molecule has 0 aliphatic rings. The zero-order valence-electron chi connectivity index (χ0n) is 10.9. The lowest BCUT2D eigenvalue weighted by atomic mass is 10.3. The van der Waals surface area contributed by atoms with E-state index < -0.39 is 0 Å². The molecule has 100 valence electrons. The molecule has 0 aliphatic heterocycles. The number of nitrogens with two attached hydrogens (primary N) is 1. The van der Waals surface area contributed by atoms with Crippen molar-refractivity contribution in [3.63, 3.8) is 0 Å². The first-order valence-electron chi connectivity index (χ1n) is 6.18. The van der Waals surface area contributed by atoms with Gasteiger partial charge in [0.25, 0.3) is 5.56 Å². The van der Waals surface area contributed by atoms with Crippen molar-refractivity contribution >= 4 is 22.9 Å². The van der Waals surface area contributed by atoms with Crippen LogP contribution in [0.5, 0.6) is 0 Å². The molecule has 0 amide bonds. The Labute approximate surface area is 113 Å². The number of nitrogens with zero attached hydrogens (tertiary/aromatic N) is 3. The molecule has 18 heavy (non-hydrogen) atoms. The molecule has 1 aromatic rings. The highest BCUT2D eigenvalue weighted by atomic mass is 32.1. The topological polar surface area (TPSA) is 64.2 Å². The number of aryl methyl sites for hydroxylation is 1. The van der Waals surface area contributed by atoms with E-state index in [9.17, 15) is 4.79 Å². The number of thiocarbonyl (C=S) groups is 1. The standard InChI is InChI=1S/C12H20N4OS/c1-3-15(4-2)10-8-12(17)16(14-9-10)7-5-6-11(13)18/h8-9H,3-7H2,1-2H3,(H2,13,18). The predicted molar refractivity (Wildman–Crippen MR) is 78.1 cm³/mol. The van der Waals surface area contributed by atoms with Gasteiger partial charge in [0.1, 0.15) is 0 Å². The molecule has 1 aromatic heterocycles. The summed E-state index contributed by atoms with van der Waals surface area (Å²) in [5.41, 5.74) is 6.20. The van der Waals surface area contributed by atoms with Crippen LogP contribution >= 0.6 is 12.2 Å². The lowest BCUT2D eigenvalue weighted by Crippen LogP contribution is -2.28. The molecule has 0 aliphatic carbocycles. The van der Waals surface area contributed by atoms with Crippen molar-refractivity contribution < 1.29 is 0 Å². The van der Waals surface area contributed by atoms with Gasteiger partial charge in [-0.25, -0.2) is 4.68 Å². The van der Waals surface area contributed by atoms with Gasteiger partial charge in [0.05, 0.1) is 16.9 Å². The van der Waals surface area contributed by atoms with E-state index in [0.717, 1.165) is 25.2 Å². The highest BCUT2D eigenvalue weighted by Crippen LogP contribution is 2.08. The molecule has 2 N–H and O–H groups in total. The number of rotatable bonds is 7. The zero-order chi connectivity index (χ0) is 13.5. The Morgan fingerprint density at radius 3 is 2.67 bits per heavy atom. The van der Waals surface area contributed by atoms with Crippen molar-refractivity contribution in [3.8, 4) is 0 Å². The summed E-state index contributed by atoms with van der Waals surface area (Å²) in [6.45, 7) is 6.38. The first kappa shape index (κ1) is 14.6. The van der Waals surface area contributed by atoms with E-state index in [0.29, 0.717) is 18.0 Å². The zero-order valence-corrected chi connectivity index (χ0v) is 11.7. The Bertz CT molecular complexity index is 454. The van der Waals surface area contributed by atoms with E-state index >= 15 is 0 Å². The second-order valence-corrected chi connectivity index (χ2v) is 4.54. The van der Waals surface area contributed by atoms with E-state index in [1.54, 1.807) is 12.3 Å². The van der Waals surface area contributed by atoms with E-state index in [4.69, 9.17) is 18.0 Å². The summed E-state index contributed by atoms with van der Waals surface area (Å²) in [4.78, 5) is 14.4. The minimum atomic E-state index is -0.0812. The van der Waals surface area contributed by atoms with Gasteiger partial charge < -0.3 is 10.6 Å². The smallest absolute Gasteiger partial charge is 0.268 e. The molecule has 1 rings (SSSR count). The third-order valence-corrected chi connectivity index (χ3v) is 2.98. The second-order valence-electron chi connectivity index (χ2n) is 4.02. The lowest BCUT2D eigenvalue weighted by molar-refractivity contribution is 0.556. The second kappa shape index (κ2) is 7.10. The van der Waals surface area contributed by atoms with Crippen LogP contribution in [0.3, 0.4) is 0 Å². The molecule has 0 saturated carbocycles. The van der Waals surface area contributed by atoms with Gasteiger partial charge in [-0.05, 0) is 26.7 Å². The minimum Gasteiger partial charge on any atom is -0.393 e. The summed E-state index contributed by atoms with van der Waals surface area (Å²) in [7, 11) is 0. The molecule has 0 aromatic carbocycles. The van der Waals surface area contributed by atoms with Crippen molar-refractivity contribution in [1.82, 2.24) is 9.78 Å². The highest BCUT2D eigenvalue weighted by Gasteiger charge is 2.05. The summed E-state index contributed by atoms with van der Waals surface area (Å²) in [6.07, 6.45) is 3.11. The molecule has 0 unspecified atom stereocenters. The van der Waals surface area contributed by atoms with Crippen molar-refractivity contribution in [3.05, 3.63) is 22.6 Å². The van der Waals surface area contributed by atoms with E-state index in [1.165, 1.54) is 4.68 Å². The van der Waals surface area contributed by atoms with Gasteiger partial charge in [-0.15, -0.1) is 0 Å². The number of anilines is 1. The van der Waals surface area contributed by atoms with Gasteiger partial charge in [0.2, 0.25) is 0 Å². The van der Waals surface area contributed by atoms with Crippen LogP contribution in [0.15, 0.2) is 17.1 Å². The van der Waals surface area contributed by atoms with Gasteiger partial charge in [-0.3, -0.25) is 4.79 Å². The Kier molecular flexibility index (Phi) is 5.77. The highest BCUT2D eigenvalue weighted by molar-refractivity contribution is 7.80. The Hall–Kier alpha value is -1.43. The molecule has 0 fully saturated rings. The summed E-state index contributed by atoms with van der Waals surface area (Å²) >= 11 is 4.79. The average molecular weight is 268 g/mol. The molecule has 0 atom stereocenters. The monoisotopic (exact) mass is 268 g/mol. The van der Waals surface area contributed by atoms with Crippen molar-refractivity contribution in [1.29, 1.82) is 0 Å². The van der Waals surface area contributed by atoms with Gasteiger partial charge in [0, 0.05) is 25.7 Å². The maximum absolute atomic E-state index is 11.9. The summed E-state index contributed by atoms with van der Waals surface area (Å²) < 4.78 is 1.45. The van der Waals surface area contributed by atoms with Crippen LogP contribution in [-0.4, -0.2) is 27.9 Å². The average Bonchev–Trinajstić information content (AvgIpc) is 2.33. The molecule has 0 saturated heterocycles. The van der Waals surface area contributed by atoms with Crippen molar-refractivity contribution in [2.75, 3.05) is 18.0 Å². The SMILES string of the molecule is CCN(CC)c1cnn(CCCC(N)=S)c(=O)c1. The quantitative estimate of drug-likeness (QED) is 0.752. The number of hydrogen-bond acceptors (Lipinski definition) is 4. The third-order valence-electron chi connectivity index (χ3n) is 2.78. The lowest BCUT2D eigenvalue weighted by Gasteiger charge is -2.20. The fourth-order valence-corrected chi connectivity index (χ4v) is 1.90. The Morgan fingerprint density at radius 1 is 1.50 bits per heavy atom. The fourth-order valence-electron chi connectivity index (χ4n) is 1.76. The summed E-state index contributed by atoms with van der Waals surface area (Å²) in [5, 5.41) is 4.17. The summed E-state index contributed by atoms with van der Waals surface area (Å²) in [5.74, 6) is 0. The largest absolute Gasteiger partial charge is 0.393 e. The number of aromatic nitrogens is 2. The van der Waals surface area contributed by atoms with Crippen molar-refractivity contribution in [2.45, 2.75) is 33.2 Å². The van der Waals surface area contributed by atoms with Crippen LogP contribution in [0.4, 0.5) is 5.69 Å². The van der Waals surface area contributed by atoms with Gasteiger partial charge in [-0.2, -0.15) is 5.10 Å². The summed E-state index contributed by atoms with van der Waals surface area (Å²) in [6, 6.07) is 1.63. The minimum absolute atomic E-state index is 0.0812. The van der Waals surface area contributed by atoms with Crippen LogP contribution in [0.1, 0.15) is 26.7 Å². The van der Waals surface area contributed by atoms with E-state index in [2.05, 4.69) is 23.8 Å². The Morgan fingerprint density at radius 2 is 2.17 bits per heavy atom. The molecular formula is C12H20N4OS. The molecule has 5 nitrogen and oxygen atoms in total. The predicted octanol–water partition coefficient (Wildman–Crippen LogP) is 1.16. The number of hydrogen-bond donors (Lipinski definition) is 1. The molecule has 0 bridgehead atoms. The van der Waals surface area contributed by atoms with Crippen LogP contribution in [-0.2, 0) is 6.54 Å². The Balaban J connectivity index is 2.73. The molecule has 0 radical (unpaired) electrons.